The van der Waals surface area contributed by atoms with Gasteiger partial charge in [0.05, 0.1) is 17.4 Å². The summed E-state index contributed by atoms with van der Waals surface area (Å²) in [6, 6.07) is 12.2. The lowest BCUT2D eigenvalue weighted by atomic mass is 10.0. The molecule has 2 N–H and O–H groups in total. The molecule has 0 unspecified atom stereocenters. The molecule has 0 aliphatic heterocycles. The van der Waals surface area contributed by atoms with Crippen LogP contribution in [0.25, 0.3) is 10.9 Å². The molecule has 0 aliphatic carbocycles. The molecule has 0 atom stereocenters. The maximum atomic E-state index is 5.74. The second-order valence-electron chi connectivity index (χ2n) is 4.70. The maximum absolute atomic E-state index is 5.74. The van der Waals surface area contributed by atoms with Crippen molar-refractivity contribution in [3.05, 3.63) is 65.6 Å². The molecule has 0 fully saturated rings. The van der Waals surface area contributed by atoms with E-state index >= 15 is 0 Å². The topological polar surface area (TPSA) is 51.8 Å². The van der Waals surface area contributed by atoms with Crippen LogP contribution in [0.1, 0.15) is 16.8 Å². The van der Waals surface area contributed by atoms with E-state index in [2.05, 4.69) is 22.1 Å². The first-order valence-corrected chi connectivity index (χ1v) is 6.27. The lowest BCUT2D eigenvalue weighted by Crippen LogP contribution is -1.99. The molecule has 0 radical (unpaired) electrons. The number of aryl methyl sites for hydroxylation is 1. The van der Waals surface area contributed by atoms with Gasteiger partial charge in [-0.2, -0.15) is 0 Å². The number of nitrogens with two attached hydrogens (primary N) is 1. The molecule has 1 aromatic carbocycles. The zero-order valence-corrected chi connectivity index (χ0v) is 10.8. The highest BCUT2D eigenvalue weighted by Crippen LogP contribution is 2.20. The van der Waals surface area contributed by atoms with Crippen LogP contribution in [0.4, 0.5) is 5.69 Å². The average molecular weight is 249 g/mol. The molecule has 3 heteroatoms. The molecular formula is C16H15N3. The summed E-state index contributed by atoms with van der Waals surface area (Å²) in [5.74, 6) is 0. The molecule has 0 amide bonds. The smallest absolute Gasteiger partial charge is 0.0704 e. The van der Waals surface area contributed by atoms with Crippen LogP contribution in [0.3, 0.4) is 0 Å². The Hall–Kier alpha value is -2.42. The molecule has 0 saturated carbocycles. The number of benzene rings is 1. The summed E-state index contributed by atoms with van der Waals surface area (Å²) < 4.78 is 0. The predicted molar refractivity (Wildman–Crippen MR) is 77.9 cm³/mol. The van der Waals surface area contributed by atoms with Gasteiger partial charge < -0.3 is 5.73 Å². The van der Waals surface area contributed by atoms with E-state index in [1.165, 1.54) is 10.9 Å². The first-order valence-electron chi connectivity index (χ1n) is 6.27. The van der Waals surface area contributed by atoms with Crippen LogP contribution in [-0.2, 0) is 6.42 Å². The molecule has 0 bridgehead atoms. The van der Waals surface area contributed by atoms with Gasteiger partial charge in [0.25, 0.3) is 0 Å². The van der Waals surface area contributed by atoms with E-state index < -0.39 is 0 Å². The molecule has 2 heterocycles. The van der Waals surface area contributed by atoms with Crippen molar-refractivity contribution in [1.82, 2.24) is 9.97 Å². The van der Waals surface area contributed by atoms with Crippen LogP contribution in [0.2, 0.25) is 0 Å². The summed E-state index contributed by atoms with van der Waals surface area (Å²) in [7, 11) is 0. The van der Waals surface area contributed by atoms with Gasteiger partial charge in [-0.1, -0.05) is 18.2 Å². The van der Waals surface area contributed by atoms with Gasteiger partial charge in [-0.3, -0.25) is 9.97 Å². The standard InChI is InChI=1S/C16H15N3/c1-11-8-13(17)10-19-16(11)9-12-6-7-18-15-5-3-2-4-14(12)15/h2-8,10H,9,17H2,1H3. The minimum absolute atomic E-state index is 0.709. The fourth-order valence-electron chi connectivity index (χ4n) is 2.30. The van der Waals surface area contributed by atoms with Crippen molar-refractivity contribution < 1.29 is 0 Å². The van der Waals surface area contributed by atoms with Gasteiger partial charge in [0.15, 0.2) is 0 Å². The summed E-state index contributed by atoms with van der Waals surface area (Å²) in [5, 5.41) is 1.18. The highest BCUT2D eigenvalue weighted by Gasteiger charge is 2.06. The van der Waals surface area contributed by atoms with Gasteiger partial charge in [-0.25, -0.2) is 0 Å². The monoisotopic (exact) mass is 249 g/mol. The Kier molecular flexibility index (Phi) is 2.88. The summed E-state index contributed by atoms with van der Waals surface area (Å²) in [6.07, 6.45) is 4.37. The number of nitrogens with zero attached hydrogens (tertiary/aromatic N) is 2. The quantitative estimate of drug-likeness (QED) is 0.759. The molecule has 0 spiro atoms. The fourth-order valence-corrected chi connectivity index (χ4v) is 2.30. The van der Waals surface area contributed by atoms with E-state index in [4.69, 9.17) is 5.73 Å². The third-order valence-electron chi connectivity index (χ3n) is 3.31. The zero-order chi connectivity index (χ0) is 13.2. The van der Waals surface area contributed by atoms with Crippen molar-refractivity contribution in [2.24, 2.45) is 0 Å². The Bertz CT molecular complexity index is 730. The number of anilines is 1. The predicted octanol–water partition coefficient (Wildman–Crippen LogP) is 3.11. The van der Waals surface area contributed by atoms with Gasteiger partial charge in [0.1, 0.15) is 0 Å². The molecule has 2 aromatic heterocycles. The summed E-state index contributed by atoms with van der Waals surface area (Å²) in [4.78, 5) is 8.81. The van der Waals surface area contributed by atoms with Crippen LogP contribution in [0, 0.1) is 6.92 Å². The highest BCUT2D eigenvalue weighted by molar-refractivity contribution is 5.82. The maximum Gasteiger partial charge on any atom is 0.0704 e. The van der Waals surface area contributed by atoms with E-state index in [1.54, 1.807) is 6.20 Å². The minimum atomic E-state index is 0.709. The zero-order valence-electron chi connectivity index (χ0n) is 10.8. The van der Waals surface area contributed by atoms with E-state index in [0.717, 1.165) is 23.2 Å². The largest absolute Gasteiger partial charge is 0.397 e. The van der Waals surface area contributed by atoms with Crippen molar-refractivity contribution in [2.45, 2.75) is 13.3 Å². The molecule has 19 heavy (non-hydrogen) atoms. The lowest BCUT2D eigenvalue weighted by molar-refractivity contribution is 1.05. The summed E-state index contributed by atoms with van der Waals surface area (Å²) in [5.41, 5.74) is 10.9. The highest BCUT2D eigenvalue weighted by atomic mass is 14.7. The number of nitrogen functional groups attached to an aromatic ring is 1. The second-order valence-corrected chi connectivity index (χ2v) is 4.70. The van der Waals surface area contributed by atoms with Gasteiger partial charge in [-0.05, 0) is 36.2 Å². The SMILES string of the molecule is Cc1cc(N)cnc1Cc1ccnc2ccccc12. The van der Waals surface area contributed by atoms with E-state index in [1.807, 2.05) is 37.4 Å². The molecule has 3 nitrogen and oxygen atoms in total. The Balaban J connectivity index is 2.06. The van der Waals surface area contributed by atoms with Gasteiger partial charge in [0.2, 0.25) is 0 Å². The van der Waals surface area contributed by atoms with Gasteiger partial charge in [0, 0.05) is 23.7 Å². The van der Waals surface area contributed by atoms with Gasteiger partial charge in [-0.15, -0.1) is 0 Å². The first-order chi connectivity index (χ1) is 9.24. The Morgan fingerprint density at radius 2 is 1.95 bits per heavy atom. The number of aromatic nitrogens is 2. The Morgan fingerprint density at radius 3 is 2.79 bits per heavy atom. The van der Waals surface area contributed by atoms with Crippen LogP contribution < -0.4 is 5.73 Å². The van der Waals surface area contributed by atoms with Crippen molar-refractivity contribution in [3.8, 4) is 0 Å². The molecule has 0 saturated heterocycles. The van der Waals surface area contributed by atoms with Gasteiger partial charge >= 0.3 is 0 Å². The second kappa shape index (κ2) is 4.69. The molecule has 0 aliphatic rings. The van der Waals surface area contributed by atoms with E-state index in [-0.39, 0.29) is 0 Å². The van der Waals surface area contributed by atoms with Crippen molar-refractivity contribution in [2.75, 3.05) is 5.73 Å². The van der Waals surface area contributed by atoms with Crippen LogP contribution in [0.5, 0.6) is 0 Å². The van der Waals surface area contributed by atoms with Crippen molar-refractivity contribution >= 4 is 16.6 Å². The Morgan fingerprint density at radius 1 is 1.11 bits per heavy atom. The van der Waals surface area contributed by atoms with Crippen LogP contribution >= 0.6 is 0 Å². The number of fused-ring (bicyclic) bond motifs is 1. The first kappa shape index (κ1) is 11.7. The van der Waals surface area contributed by atoms with Crippen LogP contribution in [0.15, 0.2) is 48.8 Å². The Labute approximate surface area is 112 Å². The number of pyridine rings is 2. The molecular weight excluding hydrogens is 234 g/mol. The van der Waals surface area contributed by atoms with Crippen molar-refractivity contribution in [3.63, 3.8) is 0 Å². The minimum Gasteiger partial charge on any atom is -0.397 e. The summed E-state index contributed by atoms with van der Waals surface area (Å²) >= 11 is 0. The summed E-state index contributed by atoms with van der Waals surface area (Å²) in [6.45, 7) is 2.04. The third kappa shape index (κ3) is 2.27. The fraction of sp³-hybridized carbons (Fsp3) is 0.125. The lowest BCUT2D eigenvalue weighted by Gasteiger charge is -2.08. The van der Waals surface area contributed by atoms with E-state index in [0.29, 0.717) is 5.69 Å². The number of hydrogen-bond donors (Lipinski definition) is 1. The van der Waals surface area contributed by atoms with Crippen molar-refractivity contribution in [1.29, 1.82) is 0 Å². The normalized spacial score (nSPS) is 10.8. The molecule has 3 rings (SSSR count). The number of rotatable bonds is 2. The number of hydrogen-bond acceptors (Lipinski definition) is 3. The number of para-hydroxylation sites is 1. The van der Waals surface area contributed by atoms with Crippen LogP contribution in [-0.4, -0.2) is 9.97 Å². The third-order valence-corrected chi connectivity index (χ3v) is 3.31. The van der Waals surface area contributed by atoms with E-state index in [9.17, 15) is 0 Å². The molecule has 94 valence electrons. The molecule has 3 aromatic rings. The average Bonchev–Trinajstić information content (AvgIpc) is 2.42.